The van der Waals surface area contributed by atoms with E-state index in [1.165, 1.54) is 25.0 Å². The molecule has 0 bridgehead atoms. The number of aliphatic hydroxyl groups is 1. The highest BCUT2D eigenvalue weighted by Gasteiger charge is 2.44. The summed E-state index contributed by atoms with van der Waals surface area (Å²) in [6.07, 6.45) is 4.61. The molecule has 2 heteroatoms. The van der Waals surface area contributed by atoms with Crippen LogP contribution >= 0.6 is 0 Å². The van der Waals surface area contributed by atoms with Crippen LogP contribution in [0, 0.1) is 0 Å². The minimum Gasteiger partial charge on any atom is -0.396 e. The zero-order valence-electron chi connectivity index (χ0n) is 7.55. The van der Waals surface area contributed by atoms with Gasteiger partial charge in [-0.2, -0.15) is 0 Å². The van der Waals surface area contributed by atoms with Crippen molar-refractivity contribution >= 4 is 0 Å². The number of hydrogen-bond acceptors (Lipinski definition) is 2. The van der Waals surface area contributed by atoms with E-state index in [0.29, 0.717) is 12.1 Å². The third kappa shape index (κ3) is 1.10. The van der Waals surface area contributed by atoms with Crippen LogP contribution in [0.25, 0.3) is 0 Å². The normalized spacial score (nSPS) is 35.9. The molecule has 68 valence electrons. The Hall–Kier alpha value is -0.340. The molecule has 0 unspecified atom stereocenters. The van der Waals surface area contributed by atoms with Gasteiger partial charge in [-0.3, -0.25) is 4.90 Å². The summed E-state index contributed by atoms with van der Waals surface area (Å²) in [6.45, 7) is 6.64. The van der Waals surface area contributed by atoms with Gasteiger partial charge in [0, 0.05) is 18.7 Å². The predicted molar refractivity (Wildman–Crippen MR) is 49.0 cm³/mol. The van der Waals surface area contributed by atoms with Gasteiger partial charge in [0.05, 0.1) is 0 Å². The molecule has 1 atom stereocenters. The Morgan fingerprint density at radius 2 is 2.42 bits per heavy atom. The van der Waals surface area contributed by atoms with Crippen molar-refractivity contribution in [1.29, 1.82) is 0 Å². The molecule has 2 nitrogen and oxygen atoms in total. The SMILES string of the molecule is C=C1CN2CCC[C@]2(CCO)C1. The minimum absolute atomic E-state index is 0.311. The average Bonchev–Trinajstić information content (AvgIpc) is 2.44. The average molecular weight is 167 g/mol. The lowest BCUT2D eigenvalue weighted by molar-refractivity contribution is 0.142. The predicted octanol–water partition coefficient (Wildman–Crippen LogP) is 1.16. The van der Waals surface area contributed by atoms with Crippen molar-refractivity contribution in [3.05, 3.63) is 12.2 Å². The standard InChI is InChI=1S/C10H17NO/c1-9-7-10(4-6-12)3-2-5-11(10)8-9/h12H,1-8H2/t10-/m0/s1. The Kier molecular flexibility index (Phi) is 1.97. The van der Waals surface area contributed by atoms with Crippen molar-refractivity contribution in [3.63, 3.8) is 0 Å². The van der Waals surface area contributed by atoms with Crippen molar-refractivity contribution in [2.45, 2.75) is 31.2 Å². The summed E-state index contributed by atoms with van der Waals surface area (Å²) in [5.41, 5.74) is 1.66. The zero-order chi connectivity index (χ0) is 8.60. The maximum atomic E-state index is 9.00. The second-order valence-corrected chi connectivity index (χ2v) is 4.15. The Morgan fingerprint density at radius 3 is 3.17 bits per heavy atom. The van der Waals surface area contributed by atoms with E-state index < -0.39 is 0 Å². The van der Waals surface area contributed by atoms with Crippen molar-refractivity contribution < 1.29 is 5.11 Å². The minimum atomic E-state index is 0.311. The van der Waals surface area contributed by atoms with Crippen molar-refractivity contribution in [3.8, 4) is 0 Å². The van der Waals surface area contributed by atoms with Crippen LogP contribution in [0.2, 0.25) is 0 Å². The van der Waals surface area contributed by atoms with Gasteiger partial charge in [0.15, 0.2) is 0 Å². The first kappa shape index (κ1) is 8.27. The molecule has 0 aliphatic carbocycles. The van der Waals surface area contributed by atoms with Gasteiger partial charge in [-0.15, -0.1) is 0 Å². The molecule has 1 N–H and O–H groups in total. The molecule has 0 spiro atoms. The van der Waals surface area contributed by atoms with E-state index in [1.807, 2.05) is 0 Å². The molecule has 2 saturated heterocycles. The molecule has 0 aromatic carbocycles. The fourth-order valence-corrected chi connectivity index (χ4v) is 2.81. The van der Waals surface area contributed by atoms with Crippen molar-refractivity contribution in [1.82, 2.24) is 4.90 Å². The van der Waals surface area contributed by atoms with E-state index in [1.54, 1.807) is 0 Å². The van der Waals surface area contributed by atoms with Gasteiger partial charge in [-0.1, -0.05) is 12.2 Å². The highest BCUT2D eigenvalue weighted by atomic mass is 16.3. The van der Waals surface area contributed by atoms with Crippen LogP contribution in [0.4, 0.5) is 0 Å². The molecular weight excluding hydrogens is 150 g/mol. The summed E-state index contributed by atoms with van der Waals surface area (Å²) in [4.78, 5) is 2.51. The van der Waals surface area contributed by atoms with Crippen molar-refractivity contribution in [2.24, 2.45) is 0 Å². The lowest BCUT2D eigenvalue weighted by Gasteiger charge is -2.30. The number of rotatable bonds is 2. The second kappa shape index (κ2) is 2.86. The molecule has 0 amide bonds. The Balaban J connectivity index is 2.14. The summed E-state index contributed by atoms with van der Waals surface area (Å²) < 4.78 is 0. The van der Waals surface area contributed by atoms with E-state index in [4.69, 9.17) is 5.11 Å². The first-order chi connectivity index (χ1) is 5.77. The van der Waals surface area contributed by atoms with Gasteiger partial charge in [0.2, 0.25) is 0 Å². The highest BCUT2D eigenvalue weighted by molar-refractivity contribution is 5.17. The van der Waals surface area contributed by atoms with Crippen LogP contribution in [0.15, 0.2) is 12.2 Å². The molecule has 0 radical (unpaired) electrons. The van der Waals surface area contributed by atoms with E-state index in [9.17, 15) is 0 Å². The summed E-state index contributed by atoms with van der Waals surface area (Å²) in [6, 6.07) is 0. The third-order valence-electron chi connectivity index (χ3n) is 3.31. The van der Waals surface area contributed by atoms with Crippen LogP contribution in [-0.2, 0) is 0 Å². The Labute approximate surface area is 73.9 Å². The molecule has 2 aliphatic rings. The van der Waals surface area contributed by atoms with Gasteiger partial charge >= 0.3 is 0 Å². The number of hydrogen-bond donors (Lipinski definition) is 1. The maximum Gasteiger partial charge on any atom is 0.0448 e. The van der Waals surface area contributed by atoms with Gasteiger partial charge in [-0.05, 0) is 32.2 Å². The monoisotopic (exact) mass is 167 g/mol. The smallest absolute Gasteiger partial charge is 0.0448 e. The van der Waals surface area contributed by atoms with Crippen LogP contribution in [0.3, 0.4) is 0 Å². The zero-order valence-corrected chi connectivity index (χ0v) is 7.55. The third-order valence-corrected chi connectivity index (χ3v) is 3.31. The molecule has 2 rings (SSSR count). The molecule has 0 aromatic heterocycles. The number of nitrogens with zero attached hydrogens (tertiary/aromatic N) is 1. The fourth-order valence-electron chi connectivity index (χ4n) is 2.81. The largest absolute Gasteiger partial charge is 0.396 e. The molecule has 2 fully saturated rings. The topological polar surface area (TPSA) is 23.5 Å². The van der Waals surface area contributed by atoms with Gasteiger partial charge in [0.25, 0.3) is 0 Å². The first-order valence-corrected chi connectivity index (χ1v) is 4.79. The fraction of sp³-hybridized carbons (Fsp3) is 0.800. The van der Waals surface area contributed by atoms with Gasteiger partial charge < -0.3 is 5.11 Å². The van der Waals surface area contributed by atoms with Crippen molar-refractivity contribution in [2.75, 3.05) is 19.7 Å². The molecule has 0 saturated carbocycles. The number of aliphatic hydroxyl groups excluding tert-OH is 1. The first-order valence-electron chi connectivity index (χ1n) is 4.79. The second-order valence-electron chi connectivity index (χ2n) is 4.15. The Morgan fingerprint density at radius 1 is 1.58 bits per heavy atom. The van der Waals surface area contributed by atoms with Crippen LogP contribution in [-0.4, -0.2) is 35.2 Å². The maximum absolute atomic E-state index is 9.00. The van der Waals surface area contributed by atoms with Crippen LogP contribution in [0.5, 0.6) is 0 Å². The number of fused-ring (bicyclic) bond motifs is 1. The molecule has 12 heavy (non-hydrogen) atoms. The van der Waals surface area contributed by atoms with E-state index >= 15 is 0 Å². The van der Waals surface area contributed by atoms with Crippen LogP contribution < -0.4 is 0 Å². The molecular formula is C10H17NO. The van der Waals surface area contributed by atoms with Gasteiger partial charge in [-0.25, -0.2) is 0 Å². The lowest BCUT2D eigenvalue weighted by atomic mass is 9.90. The molecule has 2 aliphatic heterocycles. The summed E-state index contributed by atoms with van der Waals surface area (Å²) in [5.74, 6) is 0. The highest BCUT2D eigenvalue weighted by Crippen LogP contribution is 2.42. The van der Waals surface area contributed by atoms with E-state index in [0.717, 1.165) is 19.4 Å². The molecule has 2 heterocycles. The van der Waals surface area contributed by atoms with Crippen LogP contribution in [0.1, 0.15) is 25.7 Å². The molecule has 0 aromatic rings. The van der Waals surface area contributed by atoms with Gasteiger partial charge in [0.1, 0.15) is 0 Å². The van der Waals surface area contributed by atoms with E-state index in [-0.39, 0.29) is 0 Å². The summed E-state index contributed by atoms with van der Waals surface area (Å²) >= 11 is 0. The summed E-state index contributed by atoms with van der Waals surface area (Å²) in [5, 5.41) is 9.00. The summed E-state index contributed by atoms with van der Waals surface area (Å²) in [7, 11) is 0. The quantitative estimate of drug-likeness (QED) is 0.624. The lowest BCUT2D eigenvalue weighted by Crippen LogP contribution is -2.38. The van der Waals surface area contributed by atoms with E-state index in [2.05, 4.69) is 11.5 Å². The Bertz CT molecular complexity index is 202.